The van der Waals surface area contributed by atoms with Crippen LogP contribution < -0.4 is 0 Å². The molecule has 66 heavy (non-hydrogen) atoms. The minimum absolute atomic E-state index is 0.616. The Morgan fingerprint density at radius 2 is 0.682 bits per heavy atom. The zero-order valence-electron chi connectivity index (χ0n) is 35.5. The third-order valence-electron chi connectivity index (χ3n) is 12.8. The van der Waals surface area contributed by atoms with E-state index in [1.807, 2.05) is 0 Å². The zero-order chi connectivity index (χ0) is 43.6. The van der Waals surface area contributed by atoms with Crippen molar-refractivity contribution in [3.63, 3.8) is 0 Å². The van der Waals surface area contributed by atoms with E-state index in [1.54, 1.807) is 22.7 Å². The van der Waals surface area contributed by atoms with Gasteiger partial charge in [-0.1, -0.05) is 182 Å². The number of thiophene rings is 2. The molecule has 0 amide bonds. The minimum Gasteiger partial charge on any atom is -0.208 e. The summed E-state index contributed by atoms with van der Waals surface area (Å²) in [5, 5.41) is 7.24. The lowest BCUT2D eigenvalue weighted by Gasteiger charge is -2.20. The summed E-state index contributed by atoms with van der Waals surface area (Å²) in [6, 6.07) is 80.6. The summed E-state index contributed by atoms with van der Waals surface area (Å²) < 4.78 is 4.79. The molecule has 3 heterocycles. The largest absolute Gasteiger partial charge is 0.208 e. The van der Waals surface area contributed by atoms with Gasteiger partial charge in [-0.2, -0.15) is 0 Å². The standard InChI is InChI=1S/C61H37N3S2/c1-3-17-38(18-4-1)41-23-13-24-42(35-41)56-52(45-28-14-22-40-21-7-8-25-44(40)45)36-43(39-19-5-2-6-20-39)37-53(56)61-63-59(50-31-15-29-48-46-26-9-11-33-54(46)65-57(48)50)62-60(64-61)51-32-16-30-49-47-27-10-12-34-55(47)66-58(49)51/h1-37H. The number of fused-ring (bicyclic) bond motifs is 7. The monoisotopic (exact) mass is 875 g/mol. The second-order valence-corrected chi connectivity index (χ2v) is 18.8. The molecule has 0 aliphatic heterocycles. The van der Waals surface area contributed by atoms with Crippen LogP contribution in [0.2, 0.25) is 0 Å². The average Bonchev–Trinajstić information content (AvgIpc) is 3.97. The van der Waals surface area contributed by atoms with E-state index in [1.165, 1.54) is 41.7 Å². The van der Waals surface area contributed by atoms with Crippen LogP contribution in [-0.4, -0.2) is 15.0 Å². The van der Waals surface area contributed by atoms with Gasteiger partial charge in [0.05, 0.1) is 0 Å². The van der Waals surface area contributed by atoms with Crippen molar-refractivity contribution in [2.75, 3.05) is 0 Å². The van der Waals surface area contributed by atoms with Crippen molar-refractivity contribution in [3.8, 4) is 78.7 Å². The van der Waals surface area contributed by atoms with Gasteiger partial charge in [0, 0.05) is 62.6 Å². The molecular formula is C61H37N3S2. The molecule has 0 radical (unpaired) electrons. The van der Waals surface area contributed by atoms with Crippen LogP contribution in [0.1, 0.15) is 0 Å². The quantitative estimate of drug-likeness (QED) is 0.160. The predicted molar refractivity (Wildman–Crippen MR) is 281 cm³/mol. The molecule has 0 atom stereocenters. The number of aromatic nitrogens is 3. The van der Waals surface area contributed by atoms with Crippen molar-refractivity contribution in [1.82, 2.24) is 15.0 Å². The van der Waals surface area contributed by atoms with Crippen molar-refractivity contribution in [3.05, 3.63) is 224 Å². The molecule has 0 saturated heterocycles. The normalized spacial score (nSPS) is 11.6. The highest BCUT2D eigenvalue weighted by molar-refractivity contribution is 7.26. The van der Waals surface area contributed by atoms with E-state index in [0.29, 0.717) is 17.5 Å². The van der Waals surface area contributed by atoms with Crippen LogP contribution in [0.25, 0.3) is 130 Å². The molecule has 3 aromatic heterocycles. The molecule has 0 spiro atoms. The summed E-state index contributed by atoms with van der Waals surface area (Å²) in [5.74, 6) is 1.91. The van der Waals surface area contributed by atoms with Gasteiger partial charge in [0.15, 0.2) is 17.5 Å². The van der Waals surface area contributed by atoms with E-state index >= 15 is 0 Å². The van der Waals surface area contributed by atoms with Crippen LogP contribution in [0.15, 0.2) is 224 Å². The lowest BCUT2D eigenvalue weighted by molar-refractivity contribution is 1.08. The molecule has 10 aromatic carbocycles. The van der Waals surface area contributed by atoms with E-state index in [4.69, 9.17) is 15.0 Å². The van der Waals surface area contributed by atoms with Gasteiger partial charge >= 0.3 is 0 Å². The Bertz CT molecular complexity index is 3860. The van der Waals surface area contributed by atoms with Gasteiger partial charge < -0.3 is 0 Å². The number of rotatable bonds is 7. The van der Waals surface area contributed by atoms with Crippen LogP contribution in [0.4, 0.5) is 0 Å². The highest BCUT2D eigenvalue weighted by Gasteiger charge is 2.24. The van der Waals surface area contributed by atoms with Crippen LogP contribution in [-0.2, 0) is 0 Å². The fourth-order valence-electron chi connectivity index (χ4n) is 9.67. The maximum absolute atomic E-state index is 5.63. The molecule has 0 saturated carbocycles. The second-order valence-electron chi connectivity index (χ2n) is 16.7. The van der Waals surface area contributed by atoms with Gasteiger partial charge in [-0.15, -0.1) is 22.7 Å². The van der Waals surface area contributed by atoms with Crippen molar-refractivity contribution in [2.24, 2.45) is 0 Å². The fourth-order valence-corrected chi connectivity index (χ4v) is 12.1. The van der Waals surface area contributed by atoms with Gasteiger partial charge in [0.1, 0.15) is 0 Å². The number of benzene rings is 10. The second kappa shape index (κ2) is 15.9. The molecule has 308 valence electrons. The van der Waals surface area contributed by atoms with Crippen LogP contribution >= 0.6 is 22.7 Å². The summed E-state index contributed by atoms with van der Waals surface area (Å²) in [7, 11) is 0. The number of nitrogens with zero attached hydrogens (tertiary/aromatic N) is 3. The Morgan fingerprint density at radius 3 is 1.32 bits per heavy atom. The topological polar surface area (TPSA) is 38.7 Å². The Morgan fingerprint density at radius 1 is 0.258 bits per heavy atom. The first-order chi connectivity index (χ1) is 32.7. The molecule has 0 fully saturated rings. The van der Waals surface area contributed by atoms with E-state index in [2.05, 4.69) is 224 Å². The fraction of sp³-hybridized carbons (Fsp3) is 0. The van der Waals surface area contributed by atoms with Gasteiger partial charge in [0.2, 0.25) is 0 Å². The lowest BCUT2D eigenvalue weighted by Crippen LogP contribution is -2.03. The van der Waals surface area contributed by atoms with Gasteiger partial charge in [-0.25, -0.2) is 15.0 Å². The summed E-state index contributed by atoms with van der Waals surface area (Å²) in [4.78, 5) is 16.7. The Labute approximate surface area is 389 Å². The molecule has 0 aliphatic rings. The molecule has 0 unspecified atom stereocenters. The summed E-state index contributed by atoms with van der Waals surface area (Å²) in [5.41, 5.74) is 11.8. The SMILES string of the molecule is c1ccc(-c2cccc(-c3c(-c4nc(-c5cccc6c5sc5ccccc56)nc(-c5cccc6c5sc5ccccc56)n4)cc(-c4ccccc4)cc3-c3cccc4ccccc34)c2)cc1. The first kappa shape index (κ1) is 38.4. The summed E-state index contributed by atoms with van der Waals surface area (Å²) in [6.07, 6.45) is 0. The van der Waals surface area contributed by atoms with Crippen LogP contribution in [0.5, 0.6) is 0 Å². The summed E-state index contributed by atoms with van der Waals surface area (Å²) >= 11 is 3.59. The molecule has 0 bridgehead atoms. The molecule has 5 heteroatoms. The predicted octanol–water partition coefficient (Wildman–Crippen LogP) is 17.4. The van der Waals surface area contributed by atoms with Crippen molar-refractivity contribution in [1.29, 1.82) is 0 Å². The zero-order valence-corrected chi connectivity index (χ0v) is 37.2. The van der Waals surface area contributed by atoms with Crippen molar-refractivity contribution in [2.45, 2.75) is 0 Å². The first-order valence-corrected chi connectivity index (χ1v) is 23.8. The molecular weight excluding hydrogens is 839 g/mol. The molecule has 13 aromatic rings. The van der Waals surface area contributed by atoms with E-state index in [0.717, 1.165) is 70.6 Å². The molecule has 0 N–H and O–H groups in total. The maximum Gasteiger partial charge on any atom is 0.165 e. The van der Waals surface area contributed by atoms with Gasteiger partial charge in [0.25, 0.3) is 0 Å². The highest BCUT2D eigenvalue weighted by Crippen LogP contribution is 2.47. The lowest BCUT2D eigenvalue weighted by atomic mass is 9.84. The Kier molecular flexibility index (Phi) is 9.22. The highest BCUT2D eigenvalue weighted by atomic mass is 32.1. The minimum atomic E-state index is 0.616. The first-order valence-electron chi connectivity index (χ1n) is 22.2. The number of hydrogen-bond acceptors (Lipinski definition) is 5. The number of hydrogen-bond donors (Lipinski definition) is 0. The third kappa shape index (κ3) is 6.51. The van der Waals surface area contributed by atoms with Crippen molar-refractivity contribution >= 4 is 73.8 Å². The molecule has 13 rings (SSSR count). The maximum atomic E-state index is 5.63. The Hall–Kier alpha value is -8.09. The van der Waals surface area contributed by atoms with E-state index < -0.39 is 0 Å². The van der Waals surface area contributed by atoms with E-state index in [-0.39, 0.29) is 0 Å². The van der Waals surface area contributed by atoms with Gasteiger partial charge in [-0.3, -0.25) is 0 Å². The average molecular weight is 876 g/mol. The van der Waals surface area contributed by atoms with Gasteiger partial charge in [-0.05, 0) is 92.2 Å². The van der Waals surface area contributed by atoms with Crippen molar-refractivity contribution < 1.29 is 0 Å². The third-order valence-corrected chi connectivity index (χ3v) is 15.2. The van der Waals surface area contributed by atoms with E-state index in [9.17, 15) is 0 Å². The van der Waals surface area contributed by atoms with Crippen LogP contribution in [0, 0.1) is 0 Å². The smallest absolute Gasteiger partial charge is 0.165 e. The molecule has 0 aliphatic carbocycles. The van der Waals surface area contributed by atoms with Crippen LogP contribution in [0.3, 0.4) is 0 Å². The summed E-state index contributed by atoms with van der Waals surface area (Å²) in [6.45, 7) is 0. The Balaban J connectivity index is 1.17. The molecule has 3 nitrogen and oxygen atoms in total.